The number of nitrogens with zero attached hydrogens (tertiary/aromatic N) is 2. The normalized spacial score (nSPS) is 10.9. The summed E-state index contributed by atoms with van der Waals surface area (Å²) in [5, 5.41) is 22.8. The molecule has 0 aliphatic rings. The molecule has 0 aliphatic carbocycles. The van der Waals surface area contributed by atoms with Crippen LogP contribution in [-0.4, -0.2) is 31.6 Å². The van der Waals surface area contributed by atoms with Gasteiger partial charge >= 0.3 is 5.97 Å². The van der Waals surface area contributed by atoms with Crippen molar-refractivity contribution in [3.05, 3.63) is 77.7 Å². The number of hydrogen-bond acceptors (Lipinski definition) is 4. The summed E-state index contributed by atoms with van der Waals surface area (Å²) >= 11 is 0. The zero-order chi connectivity index (χ0) is 22.8. The van der Waals surface area contributed by atoms with Gasteiger partial charge in [-0.3, -0.25) is 14.6 Å². The van der Waals surface area contributed by atoms with Crippen LogP contribution in [0, 0.1) is 13.8 Å². The van der Waals surface area contributed by atoms with Crippen molar-refractivity contribution in [2.24, 2.45) is 0 Å². The van der Waals surface area contributed by atoms with Crippen LogP contribution < -0.4 is 5.32 Å². The molecule has 7 heteroatoms. The molecule has 0 aliphatic heterocycles. The smallest absolute Gasteiger partial charge is 0.312 e. The van der Waals surface area contributed by atoms with Gasteiger partial charge in [0, 0.05) is 41.1 Å². The van der Waals surface area contributed by atoms with Crippen LogP contribution in [0.5, 0.6) is 5.75 Å². The molecule has 0 spiro atoms. The Hall–Kier alpha value is -4.13. The number of nitrogens with one attached hydrogen (secondary N) is 1. The Labute approximate surface area is 185 Å². The molecule has 7 nitrogen and oxygen atoms in total. The third-order valence-corrected chi connectivity index (χ3v) is 5.43. The molecule has 0 atom stereocenters. The molecular formula is C25H23N3O4. The second-order valence-electron chi connectivity index (χ2n) is 7.78. The number of amides is 1. The summed E-state index contributed by atoms with van der Waals surface area (Å²) in [6.45, 7) is 4.56. The van der Waals surface area contributed by atoms with E-state index in [-0.39, 0.29) is 5.75 Å². The molecule has 3 N–H and O–H groups in total. The number of phenols is 1. The van der Waals surface area contributed by atoms with Crippen LogP contribution in [0.25, 0.3) is 22.0 Å². The van der Waals surface area contributed by atoms with E-state index in [1.54, 1.807) is 24.5 Å². The quantitative estimate of drug-likeness (QED) is 0.392. The van der Waals surface area contributed by atoms with Gasteiger partial charge in [-0.2, -0.15) is 0 Å². The van der Waals surface area contributed by atoms with Gasteiger partial charge in [-0.15, -0.1) is 0 Å². The third-order valence-electron chi connectivity index (χ3n) is 5.43. The molecule has 0 fully saturated rings. The number of carboxylic acids is 1. The summed E-state index contributed by atoms with van der Waals surface area (Å²) in [5.41, 5.74) is 6.13. The number of aromatic nitrogens is 2. The van der Waals surface area contributed by atoms with E-state index >= 15 is 0 Å². The number of hydrogen-bond donors (Lipinski definition) is 3. The fourth-order valence-electron chi connectivity index (χ4n) is 3.95. The van der Waals surface area contributed by atoms with Gasteiger partial charge in [0.2, 0.25) is 5.91 Å². The maximum Gasteiger partial charge on any atom is 0.312 e. The third kappa shape index (κ3) is 4.18. The van der Waals surface area contributed by atoms with E-state index in [9.17, 15) is 14.7 Å². The number of carbonyl (C=O) groups excluding carboxylic acids is 1. The topological polar surface area (TPSA) is 104 Å². The van der Waals surface area contributed by atoms with Crippen LogP contribution >= 0.6 is 0 Å². The summed E-state index contributed by atoms with van der Waals surface area (Å²) in [6, 6.07) is 14.9. The molecule has 2 heterocycles. The van der Waals surface area contributed by atoms with Crippen molar-refractivity contribution in [1.29, 1.82) is 0 Å². The molecule has 0 saturated carbocycles. The van der Waals surface area contributed by atoms with Crippen LogP contribution in [0.3, 0.4) is 0 Å². The molecule has 0 unspecified atom stereocenters. The first-order valence-corrected chi connectivity index (χ1v) is 10.2. The van der Waals surface area contributed by atoms with Gasteiger partial charge in [-0.25, -0.2) is 0 Å². The number of aromatic hydroxyl groups is 1. The van der Waals surface area contributed by atoms with Gasteiger partial charge in [0.1, 0.15) is 12.2 Å². The minimum Gasteiger partial charge on any atom is -0.507 e. The number of carboxylic acid groups (broad SMARTS) is 1. The lowest BCUT2D eigenvalue weighted by Crippen LogP contribution is -2.16. The van der Waals surface area contributed by atoms with Crippen LogP contribution in [-0.2, 0) is 16.1 Å². The minimum atomic E-state index is -1.17. The average Bonchev–Trinajstić information content (AvgIpc) is 3.08. The highest BCUT2D eigenvalue weighted by Gasteiger charge is 2.16. The van der Waals surface area contributed by atoms with Crippen LogP contribution in [0.4, 0.5) is 5.69 Å². The first kappa shape index (κ1) is 21.1. The van der Waals surface area contributed by atoms with Gasteiger partial charge in [0.05, 0.1) is 11.2 Å². The molecule has 1 amide bonds. The number of pyridine rings is 1. The number of carbonyl (C=O) groups is 2. The molecule has 162 valence electrons. The summed E-state index contributed by atoms with van der Waals surface area (Å²) < 4.78 is 2.15. The fourth-order valence-corrected chi connectivity index (χ4v) is 3.95. The molecule has 2 aromatic carbocycles. The first-order chi connectivity index (χ1) is 15.3. The highest BCUT2D eigenvalue weighted by atomic mass is 16.4. The zero-order valence-electron chi connectivity index (χ0n) is 17.8. The molecule has 4 rings (SSSR count). The monoisotopic (exact) mass is 429 g/mol. The standard InChI is InChI=1S/C25H23N3O4/c1-15-5-7-21(27-23(30)12-24(31)32)20-10-16(2)28(25(15)20)14-17-6-8-22(29)19(11-17)18-4-3-9-26-13-18/h3-11,13,29H,12,14H2,1-2H3,(H,27,30)(H,31,32). The highest BCUT2D eigenvalue weighted by Crippen LogP contribution is 2.33. The van der Waals surface area contributed by atoms with Gasteiger partial charge in [0.25, 0.3) is 0 Å². The summed E-state index contributed by atoms with van der Waals surface area (Å²) in [7, 11) is 0. The maximum absolute atomic E-state index is 12.0. The molecule has 0 radical (unpaired) electrons. The van der Waals surface area contributed by atoms with Gasteiger partial charge in [-0.1, -0.05) is 18.2 Å². The van der Waals surface area contributed by atoms with Gasteiger partial charge in [0.15, 0.2) is 0 Å². The van der Waals surface area contributed by atoms with Crippen molar-refractivity contribution >= 4 is 28.5 Å². The lowest BCUT2D eigenvalue weighted by atomic mass is 10.0. The molecular weight excluding hydrogens is 406 g/mol. The second-order valence-corrected chi connectivity index (χ2v) is 7.78. The first-order valence-electron chi connectivity index (χ1n) is 10.2. The Morgan fingerprint density at radius 3 is 2.62 bits per heavy atom. The van der Waals surface area contributed by atoms with E-state index in [0.29, 0.717) is 17.8 Å². The predicted molar refractivity (Wildman–Crippen MR) is 123 cm³/mol. The van der Waals surface area contributed by atoms with Crippen LogP contribution in [0.1, 0.15) is 23.2 Å². The highest BCUT2D eigenvalue weighted by molar-refractivity contribution is 6.07. The van der Waals surface area contributed by atoms with Crippen molar-refractivity contribution in [2.45, 2.75) is 26.8 Å². The Morgan fingerprint density at radius 1 is 1.09 bits per heavy atom. The predicted octanol–water partition coefficient (Wildman–Crippen LogP) is 4.49. The van der Waals surface area contributed by atoms with Crippen LogP contribution in [0.2, 0.25) is 0 Å². The largest absolute Gasteiger partial charge is 0.507 e. The molecule has 0 bridgehead atoms. The summed E-state index contributed by atoms with van der Waals surface area (Å²) in [5.74, 6) is -1.54. The Balaban J connectivity index is 1.73. The molecule has 32 heavy (non-hydrogen) atoms. The van der Waals surface area contributed by atoms with Crippen molar-refractivity contribution < 1.29 is 19.8 Å². The molecule has 2 aromatic heterocycles. The number of fused-ring (bicyclic) bond motifs is 1. The second kappa shape index (κ2) is 8.55. The van der Waals surface area contributed by atoms with E-state index in [2.05, 4.69) is 14.9 Å². The average molecular weight is 429 g/mol. The van der Waals surface area contributed by atoms with Gasteiger partial charge in [-0.05, 0) is 55.3 Å². The van der Waals surface area contributed by atoms with Crippen molar-refractivity contribution in [2.75, 3.05) is 5.32 Å². The van der Waals surface area contributed by atoms with E-state index in [1.807, 2.05) is 50.2 Å². The lowest BCUT2D eigenvalue weighted by molar-refractivity contribution is -0.139. The Kier molecular flexibility index (Phi) is 5.64. The summed E-state index contributed by atoms with van der Waals surface area (Å²) in [6.07, 6.45) is 2.82. The number of phenolic OH excluding ortho intramolecular Hbond substituents is 1. The van der Waals surface area contributed by atoms with Gasteiger partial charge < -0.3 is 20.1 Å². The summed E-state index contributed by atoms with van der Waals surface area (Å²) in [4.78, 5) is 27.0. The number of aliphatic carboxylic acids is 1. The van der Waals surface area contributed by atoms with E-state index in [4.69, 9.17) is 5.11 Å². The number of anilines is 1. The van der Waals surface area contributed by atoms with Crippen molar-refractivity contribution in [3.8, 4) is 16.9 Å². The fraction of sp³-hybridized carbons (Fsp3) is 0.160. The Morgan fingerprint density at radius 2 is 1.91 bits per heavy atom. The van der Waals surface area contributed by atoms with E-state index in [1.165, 1.54) is 0 Å². The number of rotatable bonds is 6. The zero-order valence-corrected chi connectivity index (χ0v) is 17.8. The van der Waals surface area contributed by atoms with E-state index < -0.39 is 18.3 Å². The van der Waals surface area contributed by atoms with E-state index in [0.717, 1.165) is 33.3 Å². The van der Waals surface area contributed by atoms with Crippen LogP contribution in [0.15, 0.2) is 60.9 Å². The molecule has 4 aromatic rings. The Bertz CT molecular complexity index is 1330. The lowest BCUT2D eigenvalue weighted by Gasteiger charge is -2.14. The number of benzene rings is 2. The van der Waals surface area contributed by atoms with Crippen molar-refractivity contribution in [3.63, 3.8) is 0 Å². The molecule has 0 saturated heterocycles. The SMILES string of the molecule is Cc1ccc(NC(=O)CC(=O)O)c2cc(C)n(Cc3ccc(O)c(-c4cccnc4)c3)c12. The van der Waals surface area contributed by atoms with Crippen molar-refractivity contribution in [1.82, 2.24) is 9.55 Å². The minimum absolute atomic E-state index is 0.190. The number of aryl methyl sites for hydroxylation is 2. The maximum atomic E-state index is 12.0.